The van der Waals surface area contributed by atoms with Gasteiger partial charge in [-0.2, -0.15) is 0 Å². The summed E-state index contributed by atoms with van der Waals surface area (Å²) in [6.45, 7) is 3.40. The van der Waals surface area contributed by atoms with E-state index in [0.717, 1.165) is 33.8 Å². The number of thiazole rings is 1. The SMILES string of the molecule is Cc1nc2cc(NC(=O)c3ccc(OC4CCOCC4)nc3)ccc2s1. The molecule has 1 aliphatic rings. The van der Waals surface area contributed by atoms with E-state index in [1.165, 1.54) is 6.20 Å². The average Bonchev–Trinajstić information content (AvgIpc) is 3.02. The Morgan fingerprint density at radius 1 is 1.27 bits per heavy atom. The monoisotopic (exact) mass is 369 g/mol. The molecule has 0 bridgehead atoms. The fourth-order valence-electron chi connectivity index (χ4n) is 2.87. The number of benzene rings is 1. The lowest BCUT2D eigenvalue weighted by Crippen LogP contribution is -2.26. The number of ether oxygens (including phenoxy) is 2. The fraction of sp³-hybridized carbons (Fsp3) is 0.316. The second-order valence-electron chi connectivity index (χ2n) is 6.18. The van der Waals surface area contributed by atoms with Crippen molar-refractivity contribution in [1.82, 2.24) is 9.97 Å². The smallest absolute Gasteiger partial charge is 0.257 e. The van der Waals surface area contributed by atoms with Gasteiger partial charge in [0, 0.05) is 30.8 Å². The van der Waals surface area contributed by atoms with E-state index >= 15 is 0 Å². The molecule has 3 aromatic rings. The first kappa shape index (κ1) is 16.9. The maximum absolute atomic E-state index is 12.4. The third-order valence-electron chi connectivity index (χ3n) is 4.21. The van der Waals surface area contributed by atoms with Crippen LogP contribution in [0.15, 0.2) is 36.5 Å². The molecule has 0 atom stereocenters. The molecule has 4 rings (SSSR count). The van der Waals surface area contributed by atoms with Gasteiger partial charge in [0.2, 0.25) is 5.88 Å². The third-order valence-corrected chi connectivity index (χ3v) is 5.16. The van der Waals surface area contributed by atoms with Crippen LogP contribution in [0.1, 0.15) is 28.2 Å². The Morgan fingerprint density at radius 3 is 2.88 bits per heavy atom. The van der Waals surface area contributed by atoms with Gasteiger partial charge in [-0.25, -0.2) is 9.97 Å². The van der Waals surface area contributed by atoms with Gasteiger partial charge in [0.25, 0.3) is 5.91 Å². The Labute approximate surface area is 155 Å². The van der Waals surface area contributed by atoms with E-state index in [2.05, 4.69) is 15.3 Å². The molecular formula is C19H19N3O3S. The second kappa shape index (κ2) is 7.39. The molecule has 0 aliphatic carbocycles. The summed E-state index contributed by atoms with van der Waals surface area (Å²) in [6.07, 6.45) is 3.39. The summed E-state index contributed by atoms with van der Waals surface area (Å²) in [6, 6.07) is 9.19. The molecule has 3 heterocycles. The summed E-state index contributed by atoms with van der Waals surface area (Å²) in [5, 5.41) is 3.90. The number of anilines is 1. The number of hydrogen-bond donors (Lipinski definition) is 1. The van der Waals surface area contributed by atoms with Crippen LogP contribution < -0.4 is 10.1 Å². The van der Waals surface area contributed by atoms with E-state index in [1.54, 1.807) is 23.5 Å². The fourth-order valence-corrected chi connectivity index (χ4v) is 3.68. The zero-order chi connectivity index (χ0) is 17.9. The predicted molar refractivity (Wildman–Crippen MR) is 101 cm³/mol. The molecule has 1 saturated heterocycles. The van der Waals surface area contributed by atoms with Crippen molar-refractivity contribution in [2.75, 3.05) is 18.5 Å². The van der Waals surface area contributed by atoms with Gasteiger partial charge in [0.05, 0.1) is 34.0 Å². The second-order valence-corrected chi connectivity index (χ2v) is 7.42. The van der Waals surface area contributed by atoms with Gasteiger partial charge in [0.15, 0.2) is 0 Å². The van der Waals surface area contributed by atoms with E-state index in [-0.39, 0.29) is 12.0 Å². The van der Waals surface area contributed by atoms with Crippen LogP contribution in [0, 0.1) is 6.92 Å². The number of carbonyl (C=O) groups is 1. The molecule has 134 valence electrons. The van der Waals surface area contributed by atoms with Gasteiger partial charge in [-0.05, 0) is 31.2 Å². The number of pyridine rings is 1. The lowest BCUT2D eigenvalue weighted by atomic mass is 10.1. The number of aromatic nitrogens is 2. The van der Waals surface area contributed by atoms with E-state index < -0.39 is 0 Å². The normalized spacial score (nSPS) is 15.1. The molecule has 0 radical (unpaired) electrons. The van der Waals surface area contributed by atoms with Crippen molar-refractivity contribution in [3.63, 3.8) is 0 Å². The standard InChI is InChI=1S/C19H19N3O3S/c1-12-21-16-10-14(3-4-17(16)26-12)22-19(23)13-2-5-18(20-11-13)25-15-6-8-24-9-7-15/h2-5,10-11,15H,6-9H2,1H3,(H,22,23). The van der Waals surface area contributed by atoms with Gasteiger partial charge < -0.3 is 14.8 Å². The summed E-state index contributed by atoms with van der Waals surface area (Å²) in [7, 11) is 0. The minimum Gasteiger partial charge on any atom is -0.474 e. The van der Waals surface area contributed by atoms with Crippen LogP contribution in [-0.2, 0) is 4.74 Å². The van der Waals surface area contributed by atoms with Crippen LogP contribution in [-0.4, -0.2) is 35.2 Å². The first-order chi connectivity index (χ1) is 12.7. The molecule has 0 unspecified atom stereocenters. The molecule has 6 nitrogen and oxygen atoms in total. The summed E-state index contributed by atoms with van der Waals surface area (Å²) in [5.74, 6) is 0.328. The van der Waals surface area contributed by atoms with Gasteiger partial charge in [-0.15, -0.1) is 11.3 Å². The predicted octanol–water partition coefficient (Wildman–Crippen LogP) is 3.81. The molecule has 26 heavy (non-hydrogen) atoms. The highest BCUT2D eigenvalue weighted by molar-refractivity contribution is 7.18. The van der Waals surface area contributed by atoms with Crippen molar-refractivity contribution in [2.45, 2.75) is 25.9 Å². The average molecular weight is 369 g/mol. The van der Waals surface area contributed by atoms with E-state index in [9.17, 15) is 4.79 Å². The molecule has 2 aromatic heterocycles. The van der Waals surface area contributed by atoms with Crippen LogP contribution in [0.4, 0.5) is 5.69 Å². The van der Waals surface area contributed by atoms with Gasteiger partial charge in [-0.3, -0.25) is 4.79 Å². The van der Waals surface area contributed by atoms with Crippen molar-refractivity contribution >= 4 is 33.1 Å². The van der Waals surface area contributed by atoms with Crippen LogP contribution in [0.5, 0.6) is 5.88 Å². The molecule has 1 N–H and O–H groups in total. The molecular weight excluding hydrogens is 350 g/mol. The molecule has 0 saturated carbocycles. The van der Waals surface area contributed by atoms with E-state index in [0.29, 0.717) is 24.7 Å². The van der Waals surface area contributed by atoms with Crippen molar-refractivity contribution < 1.29 is 14.3 Å². The van der Waals surface area contributed by atoms with Gasteiger partial charge in [0.1, 0.15) is 6.10 Å². The van der Waals surface area contributed by atoms with Crippen molar-refractivity contribution in [3.05, 3.63) is 47.1 Å². The number of amides is 1. The highest BCUT2D eigenvalue weighted by Crippen LogP contribution is 2.25. The first-order valence-electron chi connectivity index (χ1n) is 8.56. The Balaban J connectivity index is 1.41. The Morgan fingerprint density at radius 2 is 2.12 bits per heavy atom. The minimum absolute atomic E-state index is 0.129. The summed E-state index contributed by atoms with van der Waals surface area (Å²) in [4.78, 5) is 21.1. The Hall–Kier alpha value is -2.51. The number of nitrogens with one attached hydrogen (secondary N) is 1. The van der Waals surface area contributed by atoms with Crippen LogP contribution in [0.2, 0.25) is 0 Å². The number of aryl methyl sites for hydroxylation is 1. The minimum atomic E-state index is -0.207. The quantitative estimate of drug-likeness (QED) is 0.757. The van der Waals surface area contributed by atoms with Crippen LogP contribution in [0.25, 0.3) is 10.2 Å². The van der Waals surface area contributed by atoms with Crippen molar-refractivity contribution in [1.29, 1.82) is 0 Å². The lowest BCUT2D eigenvalue weighted by Gasteiger charge is -2.22. The number of carbonyl (C=O) groups excluding carboxylic acids is 1. The molecule has 0 spiro atoms. The number of nitrogens with zero attached hydrogens (tertiary/aromatic N) is 2. The lowest BCUT2D eigenvalue weighted by molar-refractivity contribution is 0.0237. The zero-order valence-electron chi connectivity index (χ0n) is 14.4. The maximum Gasteiger partial charge on any atom is 0.257 e. The molecule has 1 fully saturated rings. The third kappa shape index (κ3) is 3.84. The Kier molecular flexibility index (Phi) is 4.81. The van der Waals surface area contributed by atoms with Gasteiger partial charge in [-0.1, -0.05) is 0 Å². The molecule has 7 heteroatoms. The number of rotatable bonds is 4. The molecule has 1 aliphatic heterocycles. The van der Waals surface area contributed by atoms with E-state index in [4.69, 9.17) is 9.47 Å². The van der Waals surface area contributed by atoms with Crippen molar-refractivity contribution in [2.24, 2.45) is 0 Å². The maximum atomic E-state index is 12.4. The number of fused-ring (bicyclic) bond motifs is 1. The van der Waals surface area contributed by atoms with Gasteiger partial charge >= 0.3 is 0 Å². The topological polar surface area (TPSA) is 73.3 Å². The largest absolute Gasteiger partial charge is 0.474 e. The van der Waals surface area contributed by atoms with E-state index in [1.807, 2.05) is 25.1 Å². The number of hydrogen-bond acceptors (Lipinski definition) is 6. The van der Waals surface area contributed by atoms with Crippen LogP contribution >= 0.6 is 11.3 Å². The summed E-state index contributed by atoms with van der Waals surface area (Å²) < 4.78 is 12.3. The first-order valence-corrected chi connectivity index (χ1v) is 9.38. The van der Waals surface area contributed by atoms with Crippen molar-refractivity contribution in [3.8, 4) is 5.88 Å². The molecule has 1 amide bonds. The molecule has 1 aromatic carbocycles. The highest BCUT2D eigenvalue weighted by atomic mass is 32.1. The summed E-state index contributed by atoms with van der Waals surface area (Å²) >= 11 is 1.64. The Bertz CT molecular complexity index is 917. The zero-order valence-corrected chi connectivity index (χ0v) is 15.2. The summed E-state index contributed by atoms with van der Waals surface area (Å²) in [5.41, 5.74) is 2.10. The van der Waals surface area contributed by atoms with Crippen LogP contribution in [0.3, 0.4) is 0 Å². The highest BCUT2D eigenvalue weighted by Gasteiger charge is 2.16.